The first-order valence-electron chi connectivity index (χ1n) is 7.47. The number of hydrogen-bond acceptors (Lipinski definition) is 4. The summed E-state index contributed by atoms with van der Waals surface area (Å²) in [5, 5.41) is 1.04. The molecule has 2 heterocycles. The molecule has 23 heavy (non-hydrogen) atoms. The van der Waals surface area contributed by atoms with E-state index in [-0.39, 0.29) is 12.6 Å². The van der Waals surface area contributed by atoms with E-state index in [1.54, 1.807) is 0 Å². The number of carbonyl (C=O) groups excluding carboxylic acids is 1. The molecule has 0 aliphatic carbocycles. The van der Waals surface area contributed by atoms with E-state index in [1.165, 1.54) is 6.92 Å². The molecular weight excluding hydrogens is 290 g/mol. The van der Waals surface area contributed by atoms with Gasteiger partial charge in [0.1, 0.15) is 12.4 Å². The maximum atomic E-state index is 11.7. The predicted molar refractivity (Wildman–Crippen MR) is 86.2 cm³/mol. The summed E-state index contributed by atoms with van der Waals surface area (Å²) < 4.78 is 11.5. The number of benzene rings is 2. The van der Waals surface area contributed by atoms with Crippen molar-refractivity contribution < 1.29 is 14.3 Å². The molecule has 4 heteroatoms. The normalized spacial score (nSPS) is 19.2. The van der Waals surface area contributed by atoms with Crippen molar-refractivity contribution in [2.75, 3.05) is 6.61 Å². The van der Waals surface area contributed by atoms with Crippen molar-refractivity contribution in [3.8, 4) is 5.75 Å². The number of aromatic nitrogens is 1. The van der Waals surface area contributed by atoms with Gasteiger partial charge in [0.25, 0.3) is 0 Å². The van der Waals surface area contributed by atoms with Crippen LogP contribution in [-0.4, -0.2) is 17.6 Å². The van der Waals surface area contributed by atoms with Crippen LogP contribution in [0, 0.1) is 0 Å². The number of para-hydroxylation sites is 2. The lowest BCUT2D eigenvalue weighted by Crippen LogP contribution is -2.35. The molecular formula is C19H15NO3. The Bertz CT molecular complexity index is 906. The Labute approximate surface area is 133 Å². The van der Waals surface area contributed by atoms with Crippen LogP contribution in [0.15, 0.2) is 60.7 Å². The lowest BCUT2D eigenvalue weighted by atomic mass is 9.91. The fourth-order valence-electron chi connectivity index (χ4n) is 3.07. The van der Waals surface area contributed by atoms with E-state index in [0.717, 1.165) is 22.2 Å². The second kappa shape index (κ2) is 5.09. The van der Waals surface area contributed by atoms with E-state index in [4.69, 9.17) is 14.5 Å². The highest BCUT2D eigenvalue weighted by atomic mass is 16.6. The molecule has 0 unspecified atom stereocenters. The van der Waals surface area contributed by atoms with Gasteiger partial charge in [-0.25, -0.2) is 4.98 Å². The Morgan fingerprint density at radius 1 is 1.09 bits per heavy atom. The average molecular weight is 305 g/mol. The first-order valence-corrected chi connectivity index (χ1v) is 7.47. The van der Waals surface area contributed by atoms with Crippen molar-refractivity contribution in [3.63, 3.8) is 0 Å². The molecule has 0 bridgehead atoms. The van der Waals surface area contributed by atoms with Crippen LogP contribution in [0.4, 0.5) is 0 Å². The zero-order chi connectivity index (χ0) is 15.9. The van der Waals surface area contributed by atoms with Gasteiger partial charge in [-0.1, -0.05) is 42.5 Å². The van der Waals surface area contributed by atoms with E-state index < -0.39 is 5.60 Å². The molecule has 114 valence electrons. The van der Waals surface area contributed by atoms with Gasteiger partial charge in [0, 0.05) is 17.9 Å². The number of fused-ring (bicyclic) bond motifs is 2. The van der Waals surface area contributed by atoms with Crippen molar-refractivity contribution in [2.24, 2.45) is 0 Å². The summed E-state index contributed by atoms with van der Waals surface area (Å²) in [6, 6.07) is 19.4. The van der Waals surface area contributed by atoms with Crippen molar-refractivity contribution >= 4 is 16.9 Å². The zero-order valence-electron chi connectivity index (χ0n) is 12.7. The van der Waals surface area contributed by atoms with E-state index in [0.29, 0.717) is 5.69 Å². The van der Waals surface area contributed by atoms with Crippen LogP contribution in [-0.2, 0) is 15.1 Å². The molecule has 0 saturated heterocycles. The predicted octanol–water partition coefficient (Wildman–Crippen LogP) is 3.43. The van der Waals surface area contributed by atoms with Crippen LogP contribution in [0.3, 0.4) is 0 Å². The molecule has 1 aromatic heterocycles. The minimum atomic E-state index is -0.994. The van der Waals surface area contributed by atoms with Crippen molar-refractivity contribution in [1.29, 1.82) is 0 Å². The molecule has 1 aliphatic heterocycles. The monoisotopic (exact) mass is 305 g/mol. The topological polar surface area (TPSA) is 48.4 Å². The van der Waals surface area contributed by atoms with Crippen LogP contribution in [0.5, 0.6) is 5.75 Å². The fourth-order valence-corrected chi connectivity index (χ4v) is 3.07. The highest BCUT2D eigenvalue weighted by Crippen LogP contribution is 2.44. The first-order chi connectivity index (χ1) is 11.2. The second-order valence-electron chi connectivity index (χ2n) is 5.59. The molecule has 0 N–H and O–H groups in total. The molecule has 2 aromatic carbocycles. The lowest BCUT2D eigenvalue weighted by molar-refractivity contribution is -0.155. The maximum absolute atomic E-state index is 11.7. The van der Waals surface area contributed by atoms with Gasteiger partial charge in [-0.15, -0.1) is 0 Å². The van der Waals surface area contributed by atoms with Crippen molar-refractivity contribution in [2.45, 2.75) is 12.5 Å². The number of nitrogens with zero attached hydrogens (tertiary/aromatic N) is 1. The molecule has 0 radical (unpaired) electrons. The van der Waals surface area contributed by atoms with Crippen LogP contribution in [0.25, 0.3) is 10.9 Å². The summed E-state index contributed by atoms with van der Waals surface area (Å²) in [7, 11) is 0. The summed E-state index contributed by atoms with van der Waals surface area (Å²) in [5.74, 6) is 0.365. The Balaban J connectivity index is 1.94. The molecule has 4 rings (SSSR count). The second-order valence-corrected chi connectivity index (χ2v) is 5.59. The van der Waals surface area contributed by atoms with E-state index >= 15 is 0 Å². The molecule has 1 aliphatic rings. The van der Waals surface area contributed by atoms with E-state index in [9.17, 15) is 4.79 Å². The number of carbonyl (C=O) groups is 1. The Kier molecular flexibility index (Phi) is 3.05. The number of ether oxygens (including phenoxy) is 2. The Hall–Kier alpha value is -2.88. The van der Waals surface area contributed by atoms with Crippen molar-refractivity contribution in [3.05, 3.63) is 71.9 Å². The number of pyridine rings is 1. The highest BCUT2D eigenvalue weighted by molar-refractivity contribution is 5.79. The largest absolute Gasteiger partial charge is 0.488 e. The van der Waals surface area contributed by atoms with Gasteiger partial charge in [-0.05, 0) is 18.2 Å². The van der Waals surface area contributed by atoms with Gasteiger partial charge in [0.05, 0.1) is 11.2 Å². The molecule has 3 aromatic rings. The minimum absolute atomic E-state index is 0.233. The summed E-state index contributed by atoms with van der Waals surface area (Å²) >= 11 is 0. The number of esters is 1. The summed E-state index contributed by atoms with van der Waals surface area (Å²) in [6.07, 6.45) is 0. The minimum Gasteiger partial charge on any atom is -0.488 e. The third-order valence-electron chi connectivity index (χ3n) is 4.08. The van der Waals surface area contributed by atoms with Gasteiger partial charge in [0.2, 0.25) is 5.60 Å². The third kappa shape index (κ3) is 2.14. The number of hydrogen-bond donors (Lipinski definition) is 0. The summed E-state index contributed by atoms with van der Waals surface area (Å²) in [6.45, 7) is 1.64. The molecule has 4 nitrogen and oxygen atoms in total. The van der Waals surface area contributed by atoms with Gasteiger partial charge < -0.3 is 9.47 Å². The molecule has 0 fully saturated rings. The van der Waals surface area contributed by atoms with Crippen LogP contribution in [0.1, 0.15) is 18.2 Å². The molecule has 1 atom stereocenters. The quantitative estimate of drug-likeness (QED) is 0.681. The lowest BCUT2D eigenvalue weighted by Gasteiger charge is -2.27. The standard InChI is InChI=1S/C19H15NO3/c1-13(21)23-19(12-22-17-9-5-3-7-15(17)19)18-11-10-14-6-2-4-8-16(14)20-18/h2-11H,12H2,1H3/t19-/m0/s1. The Morgan fingerprint density at radius 2 is 1.87 bits per heavy atom. The van der Waals surface area contributed by atoms with Crippen LogP contribution in [0.2, 0.25) is 0 Å². The Morgan fingerprint density at radius 3 is 2.74 bits per heavy atom. The summed E-state index contributed by atoms with van der Waals surface area (Å²) in [5.41, 5.74) is 1.38. The maximum Gasteiger partial charge on any atom is 0.304 e. The van der Waals surface area contributed by atoms with Gasteiger partial charge in [0.15, 0.2) is 0 Å². The molecule has 0 saturated carbocycles. The van der Waals surface area contributed by atoms with Gasteiger partial charge >= 0.3 is 5.97 Å². The van der Waals surface area contributed by atoms with Crippen molar-refractivity contribution in [1.82, 2.24) is 4.98 Å². The number of rotatable bonds is 2. The highest BCUT2D eigenvalue weighted by Gasteiger charge is 2.46. The SMILES string of the molecule is CC(=O)O[C@@]1(c2ccc3ccccc3n2)COc2ccccc21. The van der Waals surface area contributed by atoms with E-state index in [1.807, 2.05) is 60.7 Å². The average Bonchev–Trinajstić information content (AvgIpc) is 2.94. The van der Waals surface area contributed by atoms with Crippen LogP contribution < -0.4 is 4.74 Å². The molecule has 0 spiro atoms. The van der Waals surface area contributed by atoms with Crippen LogP contribution >= 0.6 is 0 Å². The summed E-state index contributed by atoms with van der Waals surface area (Å²) in [4.78, 5) is 16.5. The van der Waals surface area contributed by atoms with E-state index in [2.05, 4.69) is 0 Å². The molecule has 0 amide bonds. The van der Waals surface area contributed by atoms with Gasteiger partial charge in [-0.2, -0.15) is 0 Å². The van der Waals surface area contributed by atoms with Gasteiger partial charge in [-0.3, -0.25) is 4.79 Å². The zero-order valence-corrected chi connectivity index (χ0v) is 12.7. The third-order valence-corrected chi connectivity index (χ3v) is 4.08. The first kappa shape index (κ1) is 13.8. The smallest absolute Gasteiger partial charge is 0.304 e. The fraction of sp³-hybridized carbons (Fsp3) is 0.158.